The number of pyridine rings is 1. The maximum Gasteiger partial charge on any atom is 0.193 e. The molecular formula is C22H31N5O. The number of piperazine rings is 1. The number of rotatable bonds is 7. The molecule has 1 N–H and O–H groups in total. The van der Waals surface area contributed by atoms with E-state index in [1.54, 1.807) is 0 Å². The summed E-state index contributed by atoms with van der Waals surface area (Å²) < 4.78 is 5.81. The molecule has 1 aromatic heterocycles. The van der Waals surface area contributed by atoms with Crippen LogP contribution in [-0.4, -0.2) is 73.7 Å². The molecule has 0 unspecified atom stereocenters. The van der Waals surface area contributed by atoms with E-state index >= 15 is 0 Å². The van der Waals surface area contributed by atoms with Crippen LogP contribution in [0.2, 0.25) is 0 Å². The van der Waals surface area contributed by atoms with Gasteiger partial charge in [0.15, 0.2) is 5.96 Å². The number of aliphatic imine (C=N–C) groups is 1. The van der Waals surface area contributed by atoms with Crippen LogP contribution in [0.5, 0.6) is 5.75 Å². The van der Waals surface area contributed by atoms with Crippen LogP contribution in [0.3, 0.4) is 0 Å². The fourth-order valence-electron chi connectivity index (χ4n) is 3.42. The molecule has 0 radical (unpaired) electrons. The average molecular weight is 382 g/mol. The van der Waals surface area contributed by atoms with Crippen molar-refractivity contribution in [2.45, 2.75) is 13.3 Å². The van der Waals surface area contributed by atoms with E-state index in [-0.39, 0.29) is 0 Å². The van der Waals surface area contributed by atoms with Crippen LogP contribution in [0.1, 0.15) is 11.1 Å². The quantitative estimate of drug-likeness (QED) is 0.589. The smallest absolute Gasteiger partial charge is 0.193 e. The summed E-state index contributed by atoms with van der Waals surface area (Å²) in [6.07, 6.45) is 4.76. The van der Waals surface area contributed by atoms with Crippen molar-refractivity contribution in [2.24, 2.45) is 4.99 Å². The lowest BCUT2D eigenvalue weighted by atomic mass is 10.1. The number of aromatic nitrogens is 1. The van der Waals surface area contributed by atoms with Crippen LogP contribution in [0.15, 0.2) is 53.8 Å². The maximum absolute atomic E-state index is 5.81. The molecule has 0 spiro atoms. The van der Waals surface area contributed by atoms with Crippen LogP contribution in [0.4, 0.5) is 0 Å². The first-order valence-electron chi connectivity index (χ1n) is 10.0. The molecule has 1 aromatic carbocycles. The Morgan fingerprint density at radius 1 is 1.14 bits per heavy atom. The maximum atomic E-state index is 5.81. The van der Waals surface area contributed by atoms with Crippen molar-refractivity contribution in [1.29, 1.82) is 0 Å². The molecule has 1 fully saturated rings. The van der Waals surface area contributed by atoms with Crippen LogP contribution in [-0.2, 0) is 6.42 Å². The third kappa shape index (κ3) is 5.96. The summed E-state index contributed by atoms with van der Waals surface area (Å²) in [5.41, 5.74) is 2.58. The molecule has 28 heavy (non-hydrogen) atoms. The number of nitrogens with zero attached hydrogens (tertiary/aromatic N) is 4. The topological polar surface area (TPSA) is 53.0 Å². The monoisotopic (exact) mass is 381 g/mol. The second-order valence-corrected chi connectivity index (χ2v) is 7.02. The molecule has 150 valence electrons. The summed E-state index contributed by atoms with van der Waals surface area (Å²) in [4.78, 5) is 13.4. The van der Waals surface area contributed by atoms with E-state index in [2.05, 4.69) is 38.1 Å². The summed E-state index contributed by atoms with van der Waals surface area (Å²) in [6, 6.07) is 12.1. The molecule has 1 saturated heterocycles. The minimum absolute atomic E-state index is 0.724. The van der Waals surface area contributed by atoms with Gasteiger partial charge in [-0.3, -0.25) is 14.9 Å². The van der Waals surface area contributed by atoms with Gasteiger partial charge in [0.1, 0.15) is 12.4 Å². The summed E-state index contributed by atoms with van der Waals surface area (Å²) in [5, 5.41) is 3.51. The van der Waals surface area contributed by atoms with Crippen molar-refractivity contribution in [3.8, 4) is 5.75 Å². The lowest BCUT2D eigenvalue weighted by Crippen LogP contribution is -2.53. The van der Waals surface area contributed by atoms with Gasteiger partial charge in [0, 0.05) is 58.7 Å². The predicted molar refractivity (Wildman–Crippen MR) is 114 cm³/mol. The van der Waals surface area contributed by atoms with Gasteiger partial charge < -0.3 is 15.0 Å². The number of benzene rings is 1. The van der Waals surface area contributed by atoms with Gasteiger partial charge in [-0.2, -0.15) is 0 Å². The summed E-state index contributed by atoms with van der Waals surface area (Å²) in [7, 11) is 1.86. The Kier molecular flexibility index (Phi) is 7.67. The van der Waals surface area contributed by atoms with Crippen LogP contribution >= 0.6 is 0 Å². The zero-order valence-electron chi connectivity index (χ0n) is 17.0. The molecule has 0 atom stereocenters. The van der Waals surface area contributed by atoms with E-state index in [4.69, 9.17) is 4.74 Å². The first kappa shape index (κ1) is 20.1. The molecule has 2 heterocycles. The van der Waals surface area contributed by atoms with Crippen LogP contribution in [0, 0.1) is 6.92 Å². The highest BCUT2D eigenvalue weighted by molar-refractivity contribution is 5.80. The number of guanidine groups is 1. The number of hydrogen-bond acceptors (Lipinski definition) is 4. The van der Waals surface area contributed by atoms with Gasteiger partial charge in [0.2, 0.25) is 0 Å². The zero-order chi connectivity index (χ0) is 19.6. The molecule has 0 bridgehead atoms. The van der Waals surface area contributed by atoms with Gasteiger partial charge in [-0.25, -0.2) is 0 Å². The van der Waals surface area contributed by atoms with E-state index < -0.39 is 0 Å². The largest absolute Gasteiger partial charge is 0.492 e. The fraction of sp³-hybridized carbons (Fsp3) is 0.455. The minimum atomic E-state index is 0.724. The minimum Gasteiger partial charge on any atom is -0.492 e. The first-order chi connectivity index (χ1) is 13.8. The Hall–Kier alpha value is -2.60. The van der Waals surface area contributed by atoms with Crippen molar-refractivity contribution in [3.63, 3.8) is 0 Å². The highest BCUT2D eigenvalue weighted by Crippen LogP contribution is 2.09. The lowest BCUT2D eigenvalue weighted by molar-refractivity contribution is 0.152. The SMILES string of the molecule is CN=C(NCCc1ccncc1C)N1CCN(CCOc2ccccc2)CC1. The average Bonchev–Trinajstić information content (AvgIpc) is 2.74. The van der Waals surface area contributed by atoms with E-state index in [0.717, 1.165) is 64.0 Å². The number of aryl methyl sites for hydroxylation is 1. The van der Waals surface area contributed by atoms with Crippen molar-refractivity contribution in [3.05, 3.63) is 59.9 Å². The van der Waals surface area contributed by atoms with Crippen molar-refractivity contribution in [2.75, 3.05) is 52.9 Å². The van der Waals surface area contributed by atoms with Gasteiger partial charge >= 0.3 is 0 Å². The Balaban J connectivity index is 1.36. The summed E-state index contributed by atoms with van der Waals surface area (Å²) in [5.74, 6) is 1.93. The van der Waals surface area contributed by atoms with E-state index in [9.17, 15) is 0 Å². The van der Waals surface area contributed by atoms with Crippen molar-refractivity contribution in [1.82, 2.24) is 20.1 Å². The highest BCUT2D eigenvalue weighted by Gasteiger charge is 2.19. The Bertz CT molecular complexity index is 742. The van der Waals surface area contributed by atoms with Gasteiger partial charge in [-0.15, -0.1) is 0 Å². The molecule has 0 aliphatic carbocycles. The normalized spacial score (nSPS) is 15.5. The molecular weight excluding hydrogens is 350 g/mol. The number of para-hydroxylation sites is 1. The third-order valence-corrected chi connectivity index (χ3v) is 5.12. The Labute approximate surface area is 168 Å². The molecule has 1 aliphatic rings. The second kappa shape index (κ2) is 10.7. The predicted octanol–water partition coefficient (Wildman–Crippen LogP) is 2.20. The zero-order valence-corrected chi connectivity index (χ0v) is 17.0. The highest BCUT2D eigenvalue weighted by atomic mass is 16.5. The van der Waals surface area contributed by atoms with E-state index in [1.807, 2.05) is 49.8 Å². The lowest BCUT2D eigenvalue weighted by Gasteiger charge is -2.36. The third-order valence-electron chi connectivity index (χ3n) is 5.12. The number of nitrogens with one attached hydrogen (secondary N) is 1. The van der Waals surface area contributed by atoms with Gasteiger partial charge in [0.25, 0.3) is 0 Å². The molecule has 0 amide bonds. The Morgan fingerprint density at radius 2 is 1.93 bits per heavy atom. The van der Waals surface area contributed by atoms with Crippen LogP contribution in [0.25, 0.3) is 0 Å². The van der Waals surface area contributed by atoms with E-state index in [0.29, 0.717) is 0 Å². The molecule has 1 aliphatic heterocycles. The second-order valence-electron chi connectivity index (χ2n) is 7.02. The number of ether oxygens (including phenoxy) is 1. The van der Waals surface area contributed by atoms with Gasteiger partial charge in [-0.1, -0.05) is 18.2 Å². The van der Waals surface area contributed by atoms with Crippen molar-refractivity contribution >= 4 is 5.96 Å². The molecule has 2 aromatic rings. The molecule has 0 saturated carbocycles. The van der Waals surface area contributed by atoms with Crippen molar-refractivity contribution < 1.29 is 4.74 Å². The fourth-order valence-corrected chi connectivity index (χ4v) is 3.42. The molecule has 6 heteroatoms. The first-order valence-corrected chi connectivity index (χ1v) is 10.0. The van der Waals surface area contributed by atoms with Gasteiger partial charge in [0.05, 0.1) is 0 Å². The van der Waals surface area contributed by atoms with E-state index in [1.165, 1.54) is 11.1 Å². The summed E-state index contributed by atoms with van der Waals surface area (Å²) >= 11 is 0. The molecule has 3 rings (SSSR count). The summed E-state index contributed by atoms with van der Waals surface area (Å²) in [6.45, 7) is 8.70. The molecule has 6 nitrogen and oxygen atoms in total. The van der Waals surface area contributed by atoms with Gasteiger partial charge in [-0.05, 0) is 42.7 Å². The standard InChI is InChI=1S/C22H31N5O/c1-19-18-24-10-8-20(19)9-11-25-22(23-2)27-14-12-26(13-15-27)16-17-28-21-6-4-3-5-7-21/h3-8,10,18H,9,11-17H2,1-2H3,(H,23,25). The Morgan fingerprint density at radius 3 is 2.64 bits per heavy atom. The number of hydrogen-bond donors (Lipinski definition) is 1. The van der Waals surface area contributed by atoms with Crippen LogP contribution < -0.4 is 10.1 Å².